The Morgan fingerprint density at radius 3 is 2.25 bits per heavy atom. The van der Waals surface area contributed by atoms with Crippen LogP contribution in [-0.2, 0) is 4.57 Å². The van der Waals surface area contributed by atoms with E-state index in [0.29, 0.717) is 12.4 Å². The minimum Gasteiger partial charge on any atom is -0.307 e. The molecule has 0 atom stereocenters. The quantitative estimate of drug-likeness (QED) is 0.493. The summed E-state index contributed by atoms with van der Waals surface area (Å²) in [6.07, 6.45) is 0. The van der Waals surface area contributed by atoms with Gasteiger partial charge in [-0.1, -0.05) is 0 Å². The van der Waals surface area contributed by atoms with Crippen molar-refractivity contribution in [3.63, 3.8) is 0 Å². The number of nitrogens with one attached hydrogen (secondary N) is 1. The molecule has 0 aliphatic heterocycles. The monoisotopic (exact) mass is 155 g/mol. The molecule has 0 rings (SSSR count). The Balaban J connectivity index is 3.26. The lowest BCUT2D eigenvalue weighted by Gasteiger charge is -2.05. The molecule has 50 valence electrons. The molecule has 0 aromatic heterocycles. The number of alkyl halides is 1. The summed E-state index contributed by atoms with van der Waals surface area (Å²) < 4.78 is 10.8. The van der Waals surface area contributed by atoms with E-state index in [0.717, 1.165) is 0 Å². The Hall–Kier alpha value is 0.480. The van der Waals surface area contributed by atoms with Gasteiger partial charge in [-0.2, -0.15) is 0 Å². The van der Waals surface area contributed by atoms with E-state index in [1.165, 1.54) is 0 Å². The van der Waals surface area contributed by atoms with Crippen LogP contribution in [0.2, 0.25) is 0 Å². The fraction of sp³-hybridized carbons (Fsp3) is 1.00. The van der Waals surface area contributed by atoms with Gasteiger partial charge in [0.05, 0.1) is 0 Å². The molecule has 0 aliphatic rings. The molecular formula is C4H11ClNOP. The summed E-state index contributed by atoms with van der Waals surface area (Å²) in [5.74, 6) is 0.520. The van der Waals surface area contributed by atoms with Crippen molar-refractivity contribution in [1.82, 2.24) is 5.09 Å². The van der Waals surface area contributed by atoms with Gasteiger partial charge in [-0.3, -0.25) is 5.09 Å². The number of hydrogen-bond donors (Lipinski definition) is 1. The standard InChI is InChI=1S/C4H11ClNOP/c1-8(2,7)6-4-3-5/h3-4H2,1-2H3,(H,6,7). The van der Waals surface area contributed by atoms with E-state index in [1.54, 1.807) is 13.3 Å². The van der Waals surface area contributed by atoms with Gasteiger partial charge in [-0.25, -0.2) is 0 Å². The second-order valence-corrected chi connectivity index (χ2v) is 5.34. The van der Waals surface area contributed by atoms with Crippen molar-refractivity contribution >= 4 is 18.9 Å². The van der Waals surface area contributed by atoms with E-state index in [2.05, 4.69) is 5.09 Å². The second-order valence-electron chi connectivity index (χ2n) is 1.95. The lowest BCUT2D eigenvalue weighted by atomic mass is 10.8. The molecule has 0 saturated carbocycles. The lowest BCUT2D eigenvalue weighted by molar-refractivity contribution is 0.574. The molecule has 0 bridgehead atoms. The predicted molar refractivity (Wildman–Crippen MR) is 38.2 cm³/mol. The van der Waals surface area contributed by atoms with E-state index < -0.39 is 7.29 Å². The Morgan fingerprint density at radius 1 is 1.62 bits per heavy atom. The third-order valence-corrected chi connectivity index (χ3v) is 1.76. The van der Waals surface area contributed by atoms with Crippen LogP contribution < -0.4 is 5.09 Å². The maximum atomic E-state index is 10.8. The third kappa shape index (κ3) is 6.48. The molecule has 8 heavy (non-hydrogen) atoms. The summed E-state index contributed by atoms with van der Waals surface area (Å²) in [7, 11) is -2.02. The fourth-order valence-electron chi connectivity index (χ4n) is 0.312. The van der Waals surface area contributed by atoms with Gasteiger partial charge in [0.15, 0.2) is 0 Å². The number of hydrogen-bond acceptors (Lipinski definition) is 1. The van der Waals surface area contributed by atoms with Gasteiger partial charge in [0.1, 0.15) is 7.29 Å². The predicted octanol–water partition coefficient (Wildman–Crippen LogP) is 1.35. The van der Waals surface area contributed by atoms with Crippen molar-refractivity contribution in [1.29, 1.82) is 0 Å². The molecule has 0 saturated heterocycles. The van der Waals surface area contributed by atoms with Crippen molar-refractivity contribution in [3.8, 4) is 0 Å². The first-order valence-corrected chi connectivity index (χ1v) is 5.56. The van der Waals surface area contributed by atoms with Gasteiger partial charge >= 0.3 is 0 Å². The Labute approximate surface area is 55.0 Å². The van der Waals surface area contributed by atoms with E-state index in [-0.39, 0.29) is 0 Å². The maximum absolute atomic E-state index is 10.8. The summed E-state index contributed by atoms with van der Waals surface area (Å²) >= 11 is 5.32. The van der Waals surface area contributed by atoms with Gasteiger partial charge in [-0.15, -0.1) is 11.6 Å². The van der Waals surface area contributed by atoms with Gasteiger partial charge < -0.3 is 4.57 Å². The molecule has 0 spiro atoms. The SMILES string of the molecule is CP(C)(=O)NCCCl. The van der Waals surface area contributed by atoms with Crippen molar-refractivity contribution in [3.05, 3.63) is 0 Å². The summed E-state index contributed by atoms with van der Waals surface area (Å²) in [5.41, 5.74) is 0. The highest BCUT2D eigenvalue weighted by atomic mass is 35.5. The minimum atomic E-state index is -2.02. The van der Waals surface area contributed by atoms with E-state index in [4.69, 9.17) is 11.6 Å². The fourth-order valence-corrected chi connectivity index (χ4v) is 1.19. The van der Waals surface area contributed by atoms with Crippen LogP contribution in [0.5, 0.6) is 0 Å². The zero-order valence-electron chi connectivity index (χ0n) is 5.15. The summed E-state index contributed by atoms with van der Waals surface area (Å²) in [6, 6.07) is 0. The van der Waals surface area contributed by atoms with Gasteiger partial charge in [-0.05, 0) is 0 Å². The van der Waals surface area contributed by atoms with Crippen molar-refractivity contribution in [2.45, 2.75) is 0 Å². The van der Waals surface area contributed by atoms with Crippen LogP contribution in [0.25, 0.3) is 0 Å². The first-order valence-electron chi connectivity index (χ1n) is 2.42. The van der Waals surface area contributed by atoms with Crippen LogP contribution in [0.15, 0.2) is 0 Å². The molecule has 0 fully saturated rings. The molecule has 0 aromatic carbocycles. The molecule has 0 heterocycles. The maximum Gasteiger partial charge on any atom is 0.141 e. The first-order chi connectivity index (χ1) is 3.56. The first kappa shape index (κ1) is 8.48. The van der Waals surface area contributed by atoms with Gasteiger partial charge in [0.2, 0.25) is 0 Å². The van der Waals surface area contributed by atoms with Crippen molar-refractivity contribution in [2.24, 2.45) is 0 Å². The molecular weight excluding hydrogens is 144 g/mol. The third-order valence-electron chi connectivity index (χ3n) is 0.587. The van der Waals surface area contributed by atoms with Crippen LogP contribution in [0.3, 0.4) is 0 Å². The van der Waals surface area contributed by atoms with E-state index in [1.807, 2.05) is 0 Å². The topological polar surface area (TPSA) is 29.1 Å². The van der Waals surface area contributed by atoms with Crippen LogP contribution in [0.1, 0.15) is 0 Å². The summed E-state index contributed by atoms with van der Waals surface area (Å²) in [4.78, 5) is 0. The molecule has 0 unspecified atom stereocenters. The molecule has 0 amide bonds. The Bertz CT molecular complexity index is 100. The largest absolute Gasteiger partial charge is 0.307 e. The molecule has 1 N–H and O–H groups in total. The van der Waals surface area contributed by atoms with E-state index in [9.17, 15) is 4.57 Å². The average Bonchev–Trinajstić information content (AvgIpc) is 1.59. The smallest absolute Gasteiger partial charge is 0.141 e. The van der Waals surface area contributed by atoms with Crippen molar-refractivity contribution in [2.75, 3.05) is 25.8 Å². The zero-order valence-corrected chi connectivity index (χ0v) is 6.80. The Kier molecular flexibility index (Phi) is 3.70. The number of halogens is 1. The number of rotatable bonds is 3. The zero-order chi connectivity index (χ0) is 6.62. The molecule has 4 heteroatoms. The van der Waals surface area contributed by atoms with Crippen molar-refractivity contribution < 1.29 is 4.57 Å². The molecule has 0 radical (unpaired) electrons. The second kappa shape index (κ2) is 3.49. The highest BCUT2D eigenvalue weighted by Crippen LogP contribution is 2.28. The van der Waals surface area contributed by atoms with Crippen LogP contribution in [0, 0.1) is 0 Å². The molecule has 0 aliphatic carbocycles. The van der Waals surface area contributed by atoms with Gasteiger partial charge in [0.25, 0.3) is 0 Å². The van der Waals surface area contributed by atoms with Crippen LogP contribution >= 0.6 is 18.9 Å². The van der Waals surface area contributed by atoms with E-state index >= 15 is 0 Å². The van der Waals surface area contributed by atoms with Gasteiger partial charge in [0, 0.05) is 25.8 Å². The summed E-state index contributed by atoms with van der Waals surface area (Å²) in [6.45, 7) is 3.99. The van der Waals surface area contributed by atoms with Crippen LogP contribution in [-0.4, -0.2) is 25.8 Å². The normalized spacial score (nSPS) is 11.9. The highest BCUT2D eigenvalue weighted by molar-refractivity contribution is 7.60. The Morgan fingerprint density at radius 2 is 2.12 bits per heavy atom. The lowest BCUT2D eigenvalue weighted by Crippen LogP contribution is -2.11. The average molecular weight is 156 g/mol. The minimum absolute atomic E-state index is 0.520. The molecule has 0 aromatic rings. The summed E-state index contributed by atoms with van der Waals surface area (Å²) in [5, 5.41) is 2.80. The molecule has 2 nitrogen and oxygen atoms in total. The highest BCUT2D eigenvalue weighted by Gasteiger charge is 2.01. The van der Waals surface area contributed by atoms with Crippen LogP contribution in [0.4, 0.5) is 0 Å².